The van der Waals surface area contributed by atoms with E-state index in [1.54, 1.807) is 30.8 Å². The highest BCUT2D eigenvalue weighted by Gasteiger charge is 2.38. The first kappa shape index (κ1) is 26.4. The van der Waals surface area contributed by atoms with Gasteiger partial charge < -0.3 is 9.64 Å². The molecule has 9 nitrogen and oxygen atoms in total. The Bertz CT molecular complexity index is 1850. The third-order valence-electron chi connectivity index (χ3n) is 7.48. The van der Waals surface area contributed by atoms with Gasteiger partial charge in [-0.25, -0.2) is 18.1 Å². The molecule has 1 fully saturated rings. The number of aromatic nitrogens is 5. The average Bonchev–Trinajstić information content (AvgIpc) is 3.56. The molecule has 6 rings (SSSR count). The van der Waals surface area contributed by atoms with Gasteiger partial charge in [0, 0.05) is 60.0 Å². The number of nitrogens with zero attached hydrogens (tertiary/aromatic N) is 6. The van der Waals surface area contributed by atoms with E-state index in [9.17, 15) is 8.42 Å². The molecule has 0 N–H and O–H groups in total. The van der Waals surface area contributed by atoms with Gasteiger partial charge in [0.2, 0.25) is 0 Å². The first-order valence-electron chi connectivity index (χ1n) is 13.0. The van der Waals surface area contributed by atoms with E-state index in [1.165, 1.54) is 11.8 Å². The topological polar surface area (TPSA) is 103 Å². The highest BCUT2D eigenvalue weighted by atomic mass is 32.2. The van der Waals surface area contributed by atoms with Crippen molar-refractivity contribution in [3.05, 3.63) is 65.6 Å². The molecule has 11 heteroatoms. The van der Waals surface area contributed by atoms with Crippen LogP contribution in [0.4, 0.5) is 5.69 Å². The van der Waals surface area contributed by atoms with Gasteiger partial charge in [-0.15, -0.1) is 11.3 Å². The lowest BCUT2D eigenvalue weighted by molar-refractivity contribution is 0.341. The van der Waals surface area contributed by atoms with Crippen LogP contribution in [0.5, 0.6) is 5.75 Å². The number of rotatable bonds is 7. The van der Waals surface area contributed by atoms with Crippen molar-refractivity contribution in [2.24, 2.45) is 5.92 Å². The summed E-state index contributed by atoms with van der Waals surface area (Å²) in [5.74, 6) is 1.66. The fourth-order valence-corrected chi connectivity index (χ4v) is 7.35. The zero-order valence-electron chi connectivity index (χ0n) is 23.0. The van der Waals surface area contributed by atoms with Crippen LogP contribution in [0.25, 0.3) is 38.5 Å². The highest BCUT2D eigenvalue weighted by molar-refractivity contribution is 7.90. The molecule has 0 unspecified atom stereocenters. The minimum atomic E-state index is -3.05. The van der Waals surface area contributed by atoms with Crippen LogP contribution in [-0.2, 0) is 9.84 Å². The number of ether oxygens (including phenoxy) is 1. The quantitative estimate of drug-likeness (QED) is 0.265. The van der Waals surface area contributed by atoms with E-state index >= 15 is 0 Å². The summed E-state index contributed by atoms with van der Waals surface area (Å²) in [6, 6.07) is 10.2. The van der Waals surface area contributed by atoms with E-state index < -0.39 is 9.84 Å². The Hall–Kier alpha value is -3.83. The smallest absolute Gasteiger partial charge is 0.156 e. The molecule has 0 saturated carbocycles. The predicted octanol–water partition coefficient (Wildman–Crippen LogP) is 5.10. The molecule has 5 aromatic heterocycles. The standard InChI is InChI=1S/C29H30N6O3S2/c1-17-8-28(39-15-17)25-9-21(34-14-20(19(34)3)16-40(5,36)37)10-29(33-25)35-26-11-24(32-18(2)22(26)13-31-35)23-12-30-7-6-27(23)38-4/h6-13,15,19-20H,14,16H2,1-5H3/t19-,20-/m1/s1. The molecule has 2 atom stereocenters. The number of fused-ring (bicyclic) bond motifs is 1. The van der Waals surface area contributed by atoms with Crippen LogP contribution >= 0.6 is 11.3 Å². The van der Waals surface area contributed by atoms with Crippen molar-refractivity contribution in [2.75, 3.05) is 30.6 Å². The SMILES string of the molecule is COc1ccncc1-c1cc2c(cnn2-c2cc(N3C[C@H](CS(C)(=O)=O)[C@H]3C)cc(-c3cc(C)cs3)n2)c(C)n1. The van der Waals surface area contributed by atoms with Crippen LogP contribution in [0, 0.1) is 19.8 Å². The summed E-state index contributed by atoms with van der Waals surface area (Å²) in [5.41, 5.74) is 6.28. The molecule has 1 saturated heterocycles. The average molecular weight is 575 g/mol. The van der Waals surface area contributed by atoms with Crippen LogP contribution in [-0.4, -0.2) is 64.9 Å². The van der Waals surface area contributed by atoms with Crippen LogP contribution in [0.2, 0.25) is 0 Å². The Kier molecular flexibility index (Phi) is 6.58. The number of pyridine rings is 3. The van der Waals surface area contributed by atoms with E-state index in [0.717, 1.165) is 44.1 Å². The molecule has 40 heavy (non-hydrogen) atoms. The maximum atomic E-state index is 11.9. The molecule has 1 aliphatic heterocycles. The predicted molar refractivity (Wildman–Crippen MR) is 159 cm³/mol. The fraction of sp³-hybridized carbons (Fsp3) is 0.310. The molecule has 206 valence electrons. The molecule has 0 amide bonds. The maximum Gasteiger partial charge on any atom is 0.156 e. The summed E-state index contributed by atoms with van der Waals surface area (Å²) in [6.45, 7) is 6.80. The number of thiophene rings is 1. The molecule has 0 aromatic carbocycles. The van der Waals surface area contributed by atoms with Gasteiger partial charge in [0.15, 0.2) is 5.82 Å². The number of hydrogen-bond acceptors (Lipinski definition) is 9. The Balaban J connectivity index is 1.48. The van der Waals surface area contributed by atoms with Crippen LogP contribution in [0.15, 0.2) is 54.3 Å². The molecule has 0 bridgehead atoms. The largest absolute Gasteiger partial charge is 0.496 e. The van der Waals surface area contributed by atoms with E-state index in [0.29, 0.717) is 18.1 Å². The van der Waals surface area contributed by atoms with E-state index in [1.807, 2.05) is 36.0 Å². The summed E-state index contributed by atoms with van der Waals surface area (Å²) >= 11 is 1.65. The summed E-state index contributed by atoms with van der Waals surface area (Å²) in [6.07, 6.45) is 6.57. The Morgan fingerprint density at radius 2 is 1.93 bits per heavy atom. The second-order valence-corrected chi connectivity index (χ2v) is 13.6. The van der Waals surface area contributed by atoms with Gasteiger partial charge in [0.05, 0.1) is 46.4 Å². The van der Waals surface area contributed by atoms with Gasteiger partial charge in [0.25, 0.3) is 0 Å². The summed E-state index contributed by atoms with van der Waals surface area (Å²) < 4.78 is 31.3. The summed E-state index contributed by atoms with van der Waals surface area (Å²) in [5, 5.41) is 7.79. The van der Waals surface area contributed by atoms with Crippen molar-refractivity contribution >= 4 is 37.8 Å². The van der Waals surface area contributed by atoms with Crippen molar-refractivity contribution in [1.82, 2.24) is 24.7 Å². The van der Waals surface area contributed by atoms with Crippen molar-refractivity contribution < 1.29 is 13.2 Å². The van der Waals surface area contributed by atoms with Gasteiger partial charge >= 0.3 is 0 Å². The molecule has 6 heterocycles. The van der Waals surface area contributed by atoms with Crippen molar-refractivity contribution in [3.8, 4) is 33.4 Å². The Morgan fingerprint density at radius 1 is 1.10 bits per heavy atom. The maximum absolute atomic E-state index is 11.9. The monoisotopic (exact) mass is 574 g/mol. The van der Waals surface area contributed by atoms with Gasteiger partial charge in [-0.05, 0) is 56.0 Å². The van der Waals surface area contributed by atoms with Crippen molar-refractivity contribution in [2.45, 2.75) is 26.8 Å². The van der Waals surface area contributed by atoms with E-state index in [-0.39, 0.29) is 17.7 Å². The lowest BCUT2D eigenvalue weighted by Gasteiger charge is -2.48. The second-order valence-electron chi connectivity index (χ2n) is 10.5. The van der Waals surface area contributed by atoms with Crippen molar-refractivity contribution in [3.63, 3.8) is 0 Å². The van der Waals surface area contributed by atoms with Gasteiger partial charge in [-0.1, -0.05) is 0 Å². The Labute approximate surface area is 237 Å². The lowest BCUT2D eigenvalue weighted by atomic mass is 9.91. The first-order chi connectivity index (χ1) is 19.1. The zero-order valence-corrected chi connectivity index (χ0v) is 24.6. The Morgan fingerprint density at radius 3 is 2.62 bits per heavy atom. The number of methoxy groups -OCH3 is 1. The van der Waals surface area contributed by atoms with Crippen LogP contribution in [0.1, 0.15) is 18.2 Å². The van der Waals surface area contributed by atoms with Gasteiger partial charge in [-0.2, -0.15) is 5.10 Å². The van der Waals surface area contributed by atoms with E-state index in [4.69, 9.17) is 19.8 Å². The molecular weight excluding hydrogens is 544 g/mol. The molecule has 1 aliphatic rings. The third-order valence-corrected chi connectivity index (χ3v) is 9.59. The number of sulfone groups is 1. The van der Waals surface area contributed by atoms with Gasteiger partial charge in [-0.3, -0.25) is 9.97 Å². The molecule has 0 radical (unpaired) electrons. The highest BCUT2D eigenvalue weighted by Crippen LogP contribution is 2.37. The van der Waals surface area contributed by atoms with Crippen LogP contribution in [0.3, 0.4) is 0 Å². The zero-order chi connectivity index (χ0) is 28.2. The van der Waals surface area contributed by atoms with Crippen LogP contribution < -0.4 is 9.64 Å². The minimum absolute atomic E-state index is 0.0911. The first-order valence-corrected chi connectivity index (χ1v) is 15.9. The number of aryl methyl sites for hydroxylation is 2. The lowest BCUT2D eigenvalue weighted by Crippen LogP contribution is -2.57. The number of hydrogen-bond donors (Lipinski definition) is 0. The molecular formula is C29H30N6O3S2. The summed E-state index contributed by atoms with van der Waals surface area (Å²) in [7, 11) is -1.41. The normalized spacial score (nSPS) is 17.3. The fourth-order valence-electron chi connectivity index (χ4n) is 5.33. The van der Waals surface area contributed by atoms with E-state index in [2.05, 4.69) is 41.2 Å². The molecule has 0 aliphatic carbocycles. The molecule has 5 aromatic rings. The van der Waals surface area contributed by atoms with Gasteiger partial charge in [0.1, 0.15) is 15.6 Å². The third kappa shape index (κ3) is 4.84. The van der Waals surface area contributed by atoms with Crippen molar-refractivity contribution in [1.29, 1.82) is 0 Å². The summed E-state index contributed by atoms with van der Waals surface area (Å²) in [4.78, 5) is 17.5. The number of anilines is 1. The minimum Gasteiger partial charge on any atom is -0.496 e. The molecule has 0 spiro atoms. The second kappa shape index (κ2) is 9.97.